The molecule has 2 heterocycles. The first kappa shape index (κ1) is 16.8. The van der Waals surface area contributed by atoms with Crippen molar-refractivity contribution in [1.29, 1.82) is 0 Å². The second kappa shape index (κ2) is 6.43. The van der Waals surface area contributed by atoms with Crippen LogP contribution in [-0.4, -0.2) is 23.6 Å². The highest BCUT2D eigenvalue weighted by Crippen LogP contribution is 2.44. The number of rotatable bonds is 5. The fourth-order valence-electron chi connectivity index (χ4n) is 2.85. The van der Waals surface area contributed by atoms with Crippen molar-refractivity contribution in [1.82, 2.24) is 4.98 Å². The zero-order chi connectivity index (χ0) is 17.3. The Morgan fingerprint density at radius 1 is 1.46 bits per heavy atom. The lowest BCUT2D eigenvalue weighted by Crippen LogP contribution is -2.24. The van der Waals surface area contributed by atoms with E-state index in [-0.39, 0.29) is 11.5 Å². The van der Waals surface area contributed by atoms with Crippen LogP contribution >= 0.6 is 11.3 Å². The smallest absolute Gasteiger partial charge is 0.226 e. The second-order valence-electron chi connectivity index (χ2n) is 6.54. The van der Waals surface area contributed by atoms with E-state index in [9.17, 15) is 4.79 Å². The number of thiazole rings is 1. The number of nitrogens with one attached hydrogen (secondary N) is 1. The highest BCUT2D eigenvalue weighted by atomic mass is 32.1. The van der Waals surface area contributed by atoms with Crippen LogP contribution in [0.2, 0.25) is 0 Å². The molecule has 0 aliphatic carbocycles. The molecular weight excluding hydrogens is 324 g/mol. The lowest BCUT2D eigenvalue weighted by atomic mass is 9.99. The van der Waals surface area contributed by atoms with Crippen LogP contribution in [0.4, 0.5) is 5.13 Å². The molecule has 0 saturated carbocycles. The van der Waals surface area contributed by atoms with Crippen molar-refractivity contribution in [2.75, 3.05) is 12.4 Å². The topological polar surface area (TPSA) is 60.5 Å². The number of anilines is 1. The normalized spacial score (nSPS) is 14.8. The SMILES string of the molecule is CCCC(=O)Nc1nc(-c2cc3c(c(OC)c2)OC(C)(C)C3)cs1. The van der Waals surface area contributed by atoms with Crippen LogP contribution in [0, 0.1) is 0 Å². The van der Waals surface area contributed by atoms with E-state index >= 15 is 0 Å². The van der Waals surface area contributed by atoms with Crippen LogP contribution < -0.4 is 14.8 Å². The Hall–Kier alpha value is -2.08. The Morgan fingerprint density at radius 3 is 2.96 bits per heavy atom. The van der Waals surface area contributed by atoms with Gasteiger partial charge in [-0.2, -0.15) is 0 Å². The zero-order valence-corrected chi connectivity index (χ0v) is 15.3. The summed E-state index contributed by atoms with van der Waals surface area (Å²) in [5.41, 5.74) is 2.70. The summed E-state index contributed by atoms with van der Waals surface area (Å²) in [6, 6.07) is 4.03. The molecule has 0 fully saturated rings. The summed E-state index contributed by atoms with van der Waals surface area (Å²) < 4.78 is 11.5. The first-order valence-corrected chi connectivity index (χ1v) is 8.95. The van der Waals surface area contributed by atoms with Gasteiger partial charge in [0.05, 0.1) is 12.8 Å². The summed E-state index contributed by atoms with van der Waals surface area (Å²) in [5, 5.41) is 5.41. The van der Waals surface area contributed by atoms with E-state index in [1.165, 1.54) is 11.3 Å². The fraction of sp³-hybridized carbons (Fsp3) is 0.444. The van der Waals surface area contributed by atoms with Crippen molar-refractivity contribution < 1.29 is 14.3 Å². The molecule has 1 N–H and O–H groups in total. The Balaban J connectivity index is 1.89. The van der Waals surface area contributed by atoms with Gasteiger partial charge in [-0.15, -0.1) is 11.3 Å². The van der Waals surface area contributed by atoms with Gasteiger partial charge in [-0.3, -0.25) is 4.79 Å². The first-order valence-electron chi connectivity index (χ1n) is 8.07. The van der Waals surface area contributed by atoms with Crippen LogP contribution in [0.15, 0.2) is 17.5 Å². The minimum absolute atomic E-state index is 0.0000773. The highest BCUT2D eigenvalue weighted by Gasteiger charge is 2.33. The van der Waals surface area contributed by atoms with Crippen LogP contribution in [0.5, 0.6) is 11.5 Å². The van der Waals surface area contributed by atoms with Gasteiger partial charge in [0.1, 0.15) is 5.60 Å². The zero-order valence-electron chi connectivity index (χ0n) is 14.4. The summed E-state index contributed by atoms with van der Waals surface area (Å²) in [6.45, 7) is 6.11. The van der Waals surface area contributed by atoms with Crippen molar-refractivity contribution in [3.05, 3.63) is 23.1 Å². The third kappa shape index (κ3) is 3.38. The van der Waals surface area contributed by atoms with Crippen LogP contribution in [0.3, 0.4) is 0 Å². The largest absolute Gasteiger partial charge is 0.493 e. The average molecular weight is 346 g/mol. The van der Waals surface area contributed by atoms with Gasteiger partial charge in [0.25, 0.3) is 0 Å². The minimum Gasteiger partial charge on any atom is -0.493 e. The number of hydrogen-bond acceptors (Lipinski definition) is 5. The van der Waals surface area contributed by atoms with Gasteiger partial charge in [-0.05, 0) is 32.4 Å². The van der Waals surface area contributed by atoms with Crippen molar-refractivity contribution >= 4 is 22.4 Å². The van der Waals surface area contributed by atoms with Crippen LogP contribution in [0.1, 0.15) is 39.2 Å². The van der Waals surface area contributed by atoms with E-state index in [4.69, 9.17) is 9.47 Å². The van der Waals surface area contributed by atoms with Gasteiger partial charge in [0.2, 0.25) is 5.91 Å². The van der Waals surface area contributed by atoms with Gasteiger partial charge in [0, 0.05) is 29.3 Å². The molecule has 24 heavy (non-hydrogen) atoms. The van der Waals surface area contributed by atoms with Crippen molar-refractivity contribution in [3.63, 3.8) is 0 Å². The van der Waals surface area contributed by atoms with Crippen molar-refractivity contribution in [2.24, 2.45) is 0 Å². The number of amides is 1. The van der Waals surface area contributed by atoms with E-state index in [1.54, 1.807) is 7.11 Å². The summed E-state index contributed by atoms with van der Waals surface area (Å²) >= 11 is 1.43. The number of ether oxygens (including phenoxy) is 2. The van der Waals surface area contributed by atoms with Gasteiger partial charge >= 0.3 is 0 Å². The van der Waals surface area contributed by atoms with Crippen molar-refractivity contribution in [3.8, 4) is 22.8 Å². The second-order valence-corrected chi connectivity index (χ2v) is 7.40. The number of benzene rings is 1. The Labute approximate surface area is 146 Å². The maximum atomic E-state index is 11.7. The quantitative estimate of drug-likeness (QED) is 0.878. The fourth-order valence-corrected chi connectivity index (χ4v) is 3.59. The molecule has 128 valence electrons. The van der Waals surface area contributed by atoms with E-state index < -0.39 is 0 Å². The number of carbonyl (C=O) groups excluding carboxylic acids is 1. The van der Waals surface area contributed by atoms with E-state index in [2.05, 4.69) is 30.2 Å². The predicted octanol–water partition coefficient (Wildman–Crippen LogP) is 4.27. The summed E-state index contributed by atoms with van der Waals surface area (Å²) in [7, 11) is 1.64. The summed E-state index contributed by atoms with van der Waals surface area (Å²) in [6.07, 6.45) is 2.16. The number of methoxy groups -OCH3 is 1. The number of hydrogen-bond donors (Lipinski definition) is 1. The molecule has 0 spiro atoms. The van der Waals surface area contributed by atoms with E-state index in [1.807, 2.05) is 18.4 Å². The molecule has 6 heteroatoms. The number of fused-ring (bicyclic) bond motifs is 1. The summed E-state index contributed by atoms with van der Waals surface area (Å²) in [5.74, 6) is 1.54. The molecule has 1 aromatic heterocycles. The highest BCUT2D eigenvalue weighted by molar-refractivity contribution is 7.14. The number of aromatic nitrogens is 1. The molecule has 2 aromatic rings. The standard InChI is InChI=1S/C18H22N2O3S/c1-5-6-15(21)20-17-19-13(10-24-17)11-7-12-9-18(2,3)23-16(12)14(8-11)22-4/h7-8,10H,5-6,9H2,1-4H3,(H,19,20,21). The molecule has 0 bridgehead atoms. The molecule has 0 radical (unpaired) electrons. The maximum Gasteiger partial charge on any atom is 0.226 e. The molecule has 1 aliphatic rings. The van der Waals surface area contributed by atoms with Gasteiger partial charge in [0.15, 0.2) is 16.6 Å². The summed E-state index contributed by atoms with van der Waals surface area (Å²) in [4.78, 5) is 16.2. The van der Waals surface area contributed by atoms with Crippen molar-refractivity contribution in [2.45, 2.75) is 45.6 Å². The van der Waals surface area contributed by atoms with Gasteiger partial charge in [-0.1, -0.05) is 6.92 Å². The van der Waals surface area contributed by atoms with Gasteiger partial charge < -0.3 is 14.8 Å². The molecule has 1 aliphatic heterocycles. The molecule has 1 aromatic carbocycles. The molecular formula is C18H22N2O3S. The average Bonchev–Trinajstić information content (AvgIpc) is 3.08. The Kier molecular flexibility index (Phi) is 4.49. The number of nitrogens with zero attached hydrogens (tertiary/aromatic N) is 1. The monoisotopic (exact) mass is 346 g/mol. The molecule has 0 saturated heterocycles. The lowest BCUT2D eigenvalue weighted by molar-refractivity contribution is -0.116. The van der Waals surface area contributed by atoms with E-state index in [0.717, 1.165) is 41.2 Å². The third-order valence-electron chi connectivity index (χ3n) is 3.87. The van der Waals surface area contributed by atoms with Gasteiger partial charge in [-0.25, -0.2) is 4.98 Å². The molecule has 0 atom stereocenters. The lowest BCUT2D eigenvalue weighted by Gasteiger charge is -2.17. The maximum absolute atomic E-state index is 11.7. The van der Waals surface area contributed by atoms with E-state index in [0.29, 0.717) is 11.6 Å². The van der Waals surface area contributed by atoms with Crippen LogP contribution in [0.25, 0.3) is 11.3 Å². The third-order valence-corrected chi connectivity index (χ3v) is 4.63. The van der Waals surface area contributed by atoms with Crippen LogP contribution in [-0.2, 0) is 11.2 Å². The predicted molar refractivity (Wildman–Crippen MR) is 96.1 cm³/mol. The Morgan fingerprint density at radius 2 is 2.25 bits per heavy atom. The molecule has 3 rings (SSSR count). The molecule has 0 unspecified atom stereocenters. The minimum atomic E-state index is -0.227. The Bertz CT molecular complexity index is 768. The molecule has 1 amide bonds. The molecule has 5 nitrogen and oxygen atoms in total. The number of carbonyl (C=O) groups is 1. The first-order chi connectivity index (χ1) is 11.4.